The SMILES string of the molecule is CNc1ccc(OC(C)CCN2CCOCC2)cc1. The van der Waals surface area contributed by atoms with E-state index in [1.54, 1.807) is 0 Å². The van der Waals surface area contributed by atoms with Crippen LogP contribution in [0, 0.1) is 0 Å². The topological polar surface area (TPSA) is 33.7 Å². The van der Waals surface area contributed by atoms with Crippen LogP contribution in [0.3, 0.4) is 0 Å². The third-order valence-electron chi connectivity index (χ3n) is 3.44. The molecule has 0 spiro atoms. The molecule has 1 unspecified atom stereocenters. The second kappa shape index (κ2) is 7.36. The van der Waals surface area contributed by atoms with Crippen LogP contribution in [0.2, 0.25) is 0 Å². The van der Waals surface area contributed by atoms with Crippen molar-refractivity contribution in [3.05, 3.63) is 24.3 Å². The molecule has 19 heavy (non-hydrogen) atoms. The van der Waals surface area contributed by atoms with Crippen LogP contribution >= 0.6 is 0 Å². The maximum atomic E-state index is 5.92. The molecule has 4 heteroatoms. The molecule has 2 rings (SSSR count). The van der Waals surface area contributed by atoms with Gasteiger partial charge in [-0.05, 0) is 37.6 Å². The zero-order chi connectivity index (χ0) is 13.5. The van der Waals surface area contributed by atoms with Crippen molar-refractivity contribution in [2.75, 3.05) is 45.2 Å². The molecule has 0 aliphatic carbocycles. The van der Waals surface area contributed by atoms with E-state index in [1.807, 2.05) is 31.3 Å². The van der Waals surface area contributed by atoms with Crippen molar-refractivity contribution in [1.82, 2.24) is 4.90 Å². The molecule has 0 saturated carbocycles. The van der Waals surface area contributed by atoms with Gasteiger partial charge in [-0.25, -0.2) is 0 Å². The van der Waals surface area contributed by atoms with Gasteiger partial charge in [-0.15, -0.1) is 0 Å². The highest BCUT2D eigenvalue weighted by Crippen LogP contribution is 2.17. The summed E-state index contributed by atoms with van der Waals surface area (Å²) in [5.74, 6) is 0.938. The van der Waals surface area contributed by atoms with Crippen LogP contribution in [0.1, 0.15) is 13.3 Å². The first-order valence-corrected chi connectivity index (χ1v) is 7.02. The number of ether oxygens (including phenoxy) is 2. The highest BCUT2D eigenvalue weighted by molar-refractivity contribution is 5.45. The number of hydrogen-bond acceptors (Lipinski definition) is 4. The summed E-state index contributed by atoms with van der Waals surface area (Å²) < 4.78 is 11.3. The molecular weight excluding hydrogens is 240 g/mol. The summed E-state index contributed by atoms with van der Waals surface area (Å²) in [5.41, 5.74) is 1.10. The van der Waals surface area contributed by atoms with Crippen LogP contribution in [-0.4, -0.2) is 50.9 Å². The molecule has 0 radical (unpaired) electrons. The van der Waals surface area contributed by atoms with Gasteiger partial charge in [-0.1, -0.05) is 0 Å². The monoisotopic (exact) mass is 264 g/mol. The molecule has 0 bridgehead atoms. The fraction of sp³-hybridized carbons (Fsp3) is 0.600. The lowest BCUT2D eigenvalue weighted by Gasteiger charge is -2.27. The van der Waals surface area contributed by atoms with Crippen molar-refractivity contribution in [3.8, 4) is 5.75 Å². The van der Waals surface area contributed by atoms with Crippen molar-refractivity contribution < 1.29 is 9.47 Å². The molecule has 1 N–H and O–H groups in total. The average Bonchev–Trinajstić information content (AvgIpc) is 2.47. The molecule has 1 aromatic carbocycles. The van der Waals surface area contributed by atoms with Gasteiger partial charge in [0.1, 0.15) is 5.75 Å². The van der Waals surface area contributed by atoms with Gasteiger partial charge in [-0.3, -0.25) is 4.90 Å². The second-order valence-electron chi connectivity index (χ2n) is 4.95. The van der Waals surface area contributed by atoms with Crippen LogP contribution in [0.4, 0.5) is 5.69 Å². The minimum absolute atomic E-state index is 0.239. The molecule has 1 atom stereocenters. The lowest BCUT2D eigenvalue weighted by molar-refractivity contribution is 0.0327. The van der Waals surface area contributed by atoms with Gasteiger partial charge in [0.05, 0.1) is 19.3 Å². The van der Waals surface area contributed by atoms with E-state index >= 15 is 0 Å². The van der Waals surface area contributed by atoms with E-state index < -0.39 is 0 Å². The lowest BCUT2D eigenvalue weighted by atomic mass is 10.2. The third-order valence-corrected chi connectivity index (χ3v) is 3.44. The van der Waals surface area contributed by atoms with E-state index in [-0.39, 0.29) is 6.10 Å². The van der Waals surface area contributed by atoms with Gasteiger partial charge >= 0.3 is 0 Å². The van der Waals surface area contributed by atoms with E-state index in [4.69, 9.17) is 9.47 Å². The summed E-state index contributed by atoms with van der Waals surface area (Å²) in [4.78, 5) is 2.44. The van der Waals surface area contributed by atoms with Gasteiger partial charge in [0.2, 0.25) is 0 Å². The molecule has 1 fully saturated rings. The quantitative estimate of drug-likeness (QED) is 0.854. The maximum Gasteiger partial charge on any atom is 0.119 e. The van der Waals surface area contributed by atoms with Crippen LogP contribution < -0.4 is 10.1 Å². The zero-order valence-electron chi connectivity index (χ0n) is 11.9. The van der Waals surface area contributed by atoms with Crippen molar-refractivity contribution in [2.45, 2.75) is 19.4 Å². The Labute approximate surface area is 115 Å². The summed E-state index contributed by atoms with van der Waals surface area (Å²) >= 11 is 0. The number of benzene rings is 1. The summed E-state index contributed by atoms with van der Waals surface area (Å²) in [7, 11) is 1.92. The molecule has 1 aliphatic rings. The van der Waals surface area contributed by atoms with Gasteiger partial charge in [-0.2, -0.15) is 0 Å². The fourth-order valence-electron chi connectivity index (χ4n) is 2.18. The predicted molar refractivity (Wildman–Crippen MR) is 78.0 cm³/mol. The summed E-state index contributed by atoms with van der Waals surface area (Å²) in [5, 5.41) is 3.10. The van der Waals surface area contributed by atoms with Gasteiger partial charge < -0.3 is 14.8 Å². The first kappa shape index (κ1) is 14.2. The number of anilines is 1. The molecule has 4 nitrogen and oxygen atoms in total. The minimum atomic E-state index is 0.239. The molecule has 0 aromatic heterocycles. The van der Waals surface area contributed by atoms with E-state index in [0.29, 0.717) is 0 Å². The van der Waals surface area contributed by atoms with E-state index in [0.717, 1.165) is 50.7 Å². The molecule has 1 saturated heterocycles. The van der Waals surface area contributed by atoms with E-state index in [9.17, 15) is 0 Å². The van der Waals surface area contributed by atoms with Crippen LogP contribution in [-0.2, 0) is 4.74 Å². The summed E-state index contributed by atoms with van der Waals surface area (Å²) in [6.45, 7) is 7.03. The number of nitrogens with one attached hydrogen (secondary N) is 1. The Morgan fingerprint density at radius 2 is 1.95 bits per heavy atom. The lowest BCUT2D eigenvalue weighted by Crippen LogP contribution is -2.38. The Hall–Kier alpha value is -1.26. The highest BCUT2D eigenvalue weighted by atomic mass is 16.5. The van der Waals surface area contributed by atoms with Crippen LogP contribution in [0.25, 0.3) is 0 Å². The zero-order valence-corrected chi connectivity index (χ0v) is 11.9. The second-order valence-corrected chi connectivity index (χ2v) is 4.95. The van der Waals surface area contributed by atoms with Crippen molar-refractivity contribution in [3.63, 3.8) is 0 Å². The van der Waals surface area contributed by atoms with Crippen molar-refractivity contribution in [2.24, 2.45) is 0 Å². The molecule has 1 aromatic rings. The van der Waals surface area contributed by atoms with Crippen molar-refractivity contribution in [1.29, 1.82) is 0 Å². The Bertz CT molecular complexity index is 361. The number of rotatable bonds is 6. The number of morpholine rings is 1. The Kier molecular flexibility index (Phi) is 5.48. The molecular formula is C15H24N2O2. The predicted octanol–water partition coefficient (Wildman–Crippen LogP) is 2.22. The normalized spacial score (nSPS) is 18.0. The Morgan fingerprint density at radius 3 is 2.58 bits per heavy atom. The smallest absolute Gasteiger partial charge is 0.119 e. The Morgan fingerprint density at radius 1 is 1.26 bits per heavy atom. The van der Waals surface area contributed by atoms with Crippen molar-refractivity contribution >= 4 is 5.69 Å². The van der Waals surface area contributed by atoms with E-state index in [2.05, 4.69) is 17.1 Å². The summed E-state index contributed by atoms with van der Waals surface area (Å²) in [6.07, 6.45) is 1.29. The third kappa shape index (κ3) is 4.73. The molecule has 1 heterocycles. The first-order valence-electron chi connectivity index (χ1n) is 7.02. The first-order chi connectivity index (χ1) is 9.28. The molecule has 0 amide bonds. The van der Waals surface area contributed by atoms with Gasteiger partial charge in [0.15, 0.2) is 0 Å². The highest BCUT2D eigenvalue weighted by Gasteiger charge is 2.12. The molecule has 106 valence electrons. The number of hydrogen-bond donors (Lipinski definition) is 1. The average molecular weight is 264 g/mol. The van der Waals surface area contributed by atoms with Crippen LogP contribution in [0.5, 0.6) is 5.75 Å². The summed E-state index contributed by atoms with van der Waals surface area (Å²) in [6, 6.07) is 8.09. The maximum absolute atomic E-state index is 5.92. The standard InChI is InChI=1S/C15H24N2O2/c1-13(7-8-17-9-11-18-12-10-17)19-15-5-3-14(16-2)4-6-15/h3-6,13,16H,7-12H2,1-2H3. The Balaban J connectivity index is 1.71. The largest absolute Gasteiger partial charge is 0.491 e. The molecule has 1 aliphatic heterocycles. The van der Waals surface area contributed by atoms with Gasteiger partial charge in [0, 0.05) is 32.4 Å². The van der Waals surface area contributed by atoms with Crippen LogP contribution in [0.15, 0.2) is 24.3 Å². The number of nitrogens with zero attached hydrogens (tertiary/aromatic N) is 1. The fourth-order valence-corrected chi connectivity index (χ4v) is 2.18. The van der Waals surface area contributed by atoms with Gasteiger partial charge in [0.25, 0.3) is 0 Å². The van der Waals surface area contributed by atoms with E-state index in [1.165, 1.54) is 0 Å². The minimum Gasteiger partial charge on any atom is -0.491 e.